The Labute approximate surface area is 124 Å². The van der Waals surface area contributed by atoms with E-state index in [9.17, 15) is 5.11 Å². The van der Waals surface area contributed by atoms with Gasteiger partial charge < -0.3 is 15.3 Å². The van der Waals surface area contributed by atoms with Crippen molar-refractivity contribution in [1.82, 2.24) is 10.2 Å². The Morgan fingerprint density at radius 3 is 2.45 bits per heavy atom. The number of hydrogen-bond donors (Lipinski definition) is 2. The number of likely N-dealkylation sites (tertiary alicyclic amines) is 1. The Kier molecular flexibility index (Phi) is 5.36. The van der Waals surface area contributed by atoms with Gasteiger partial charge in [0.2, 0.25) is 0 Å². The monoisotopic (exact) mass is 280 g/mol. The lowest BCUT2D eigenvalue weighted by Crippen LogP contribution is -2.50. The van der Waals surface area contributed by atoms with Gasteiger partial charge in [0, 0.05) is 32.3 Å². The number of piperidine rings is 1. The zero-order valence-electron chi connectivity index (χ0n) is 12.9. The van der Waals surface area contributed by atoms with E-state index in [1.54, 1.807) is 0 Å². The topological polar surface area (TPSA) is 35.5 Å². The van der Waals surface area contributed by atoms with Crippen LogP contribution in [0.3, 0.4) is 0 Å². The molecule has 3 nitrogen and oxygen atoms in total. The first-order valence-electron chi connectivity index (χ1n) is 8.90. The summed E-state index contributed by atoms with van der Waals surface area (Å²) in [6, 6.07) is 0.666. The van der Waals surface area contributed by atoms with Crippen molar-refractivity contribution in [1.29, 1.82) is 0 Å². The third-order valence-corrected chi connectivity index (χ3v) is 5.53. The lowest BCUT2D eigenvalue weighted by Gasteiger charge is -2.38. The first kappa shape index (κ1) is 14.8. The van der Waals surface area contributed by atoms with Crippen molar-refractivity contribution in [3.63, 3.8) is 0 Å². The molecule has 2 atom stereocenters. The molecule has 0 amide bonds. The van der Waals surface area contributed by atoms with E-state index in [0.717, 1.165) is 18.3 Å². The average Bonchev–Trinajstić information content (AvgIpc) is 3.09. The van der Waals surface area contributed by atoms with E-state index in [0.29, 0.717) is 18.6 Å². The summed E-state index contributed by atoms with van der Waals surface area (Å²) < 4.78 is 0. The Morgan fingerprint density at radius 2 is 1.75 bits per heavy atom. The second kappa shape index (κ2) is 7.24. The molecule has 1 aliphatic heterocycles. The van der Waals surface area contributed by atoms with Gasteiger partial charge in [-0.25, -0.2) is 0 Å². The largest absolute Gasteiger partial charge is 0.396 e. The minimum atomic E-state index is 0.358. The van der Waals surface area contributed by atoms with Gasteiger partial charge in [-0.3, -0.25) is 0 Å². The summed E-state index contributed by atoms with van der Waals surface area (Å²) in [5.74, 6) is 2.62. The second-order valence-electron chi connectivity index (χ2n) is 7.53. The number of hydrogen-bond acceptors (Lipinski definition) is 3. The van der Waals surface area contributed by atoms with Gasteiger partial charge in [0.15, 0.2) is 0 Å². The third kappa shape index (κ3) is 4.44. The van der Waals surface area contributed by atoms with Crippen LogP contribution in [0.25, 0.3) is 0 Å². The van der Waals surface area contributed by atoms with Crippen molar-refractivity contribution in [3.05, 3.63) is 0 Å². The molecular formula is C17H32N2O. The van der Waals surface area contributed by atoms with Crippen molar-refractivity contribution in [2.24, 2.45) is 17.8 Å². The highest BCUT2D eigenvalue weighted by Crippen LogP contribution is 2.32. The highest BCUT2D eigenvalue weighted by atomic mass is 16.3. The molecule has 2 unspecified atom stereocenters. The smallest absolute Gasteiger partial charge is 0.0434 e. The summed E-state index contributed by atoms with van der Waals surface area (Å²) in [5.41, 5.74) is 0. The van der Waals surface area contributed by atoms with Crippen LogP contribution in [0.2, 0.25) is 0 Å². The molecule has 1 saturated heterocycles. The second-order valence-corrected chi connectivity index (χ2v) is 7.53. The van der Waals surface area contributed by atoms with Crippen LogP contribution in [0.1, 0.15) is 51.4 Å². The first-order chi connectivity index (χ1) is 9.83. The van der Waals surface area contributed by atoms with E-state index >= 15 is 0 Å². The molecule has 0 spiro atoms. The Morgan fingerprint density at radius 1 is 0.950 bits per heavy atom. The quantitative estimate of drug-likeness (QED) is 0.751. The predicted molar refractivity (Wildman–Crippen MR) is 82.7 cm³/mol. The van der Waals surface area contributed by atoms with E-state index < -0.39 is 0 Å². The van der Waals surface area contributed by atoms with E-state index in [-0.39, 0.29) is 0 Å². The van der Waals surface area contributed by atoms with Crippen LogP contribution in [-0.2, 0) is 0 Å². The minimum Gasteiger partial charge on any atom is -0.396 e. The van der Waals surface area contributed by atoms with Crippen molar-refractivity contribution < 1.29 is 5.11 Å². The fourth-order valence-corrected chi connectivity index (χ4v) is 4.20. The molecule has 0 radical (unpaired) electrons. The lowest BCUT2D eigenvalue weighted by atomic mass is 9.91. The summed E-state index contributed by atoms with van der Waals surface area (Å²) >= 11 is 0. The molecule has 116 valence electrons. The van der Waals surface area contributed by atoms with E-state index in [4.69, 9.17) is 0 Å². The van der Waals surface area contributed by atoms with Crippen molar-refractivity contribution in [2.75, 3.05) is 32.8 Å². The van der Waals surface area contributed by atoms with Crippen LogP contribution < -0.4 is 5.32 Å². The Hall–Kier alpha value is -0.120. The van der Waals surface area contributed by atoms with Gasteiger partial charge in [-0.15, -0.1) is 0 Å². The Balaban J connectivity index is 1.45. The van der Waals surface area contributed by atoms with Crippen LogP contribution in [-0.4, -0.2) is 48.8 Å². The maximum absolute atomic E-state index is 9.25. The van der Waals surface area contributed by atoms with Gasteiger partial charge in [0.25, 0.3) is 0 Å². The maximum atomic E-state index is 9.25. The summed E-state index contributed by atoms with van der Waals surface area (Å²) in [6.07, 6.45) is 10.9. The number of nitrogens with one attached hydrogen (secondary N) is 1. The molecule has 0 bridgehead atoms. The molecule has 2 saturated carbocycles. The van der Waals surface area contributed by atoms with Gasteiger partial charge in [0.05, 0.1) is 0 Å². The van der Waals surface area contributed by atoms with Gasteiger partial charge >= 0.3 is 0 Å². The SMILES string of the molecule is OCCC1CC(NCC2CCCC2)CN(CC2CC2)C1. The van der Waals surface area contributed by atoms with Gasteiger partial charge in [-0.05, 0) is 62.8 Å². The zero-order chi connectivity index (χ0) is 13.8. The number of rotatable bonds is 7. The van der Waals surface area contributed by atoms with E-state index in [2.05, 4.69) is 10.2 Å². The van der Waals surface area contributed by atoms with Crippen LogP contribution >= 0.6 is 0 Å². The predicted octanol–water partition coefficient (Wildman–Crippen LogP) is 2.25. The normalized spacial score (nSPS) is 32.9. The van der Waals surface area contributed by atoms with Crippen LogP contribution in [0, 0.1) is 17.8 Å². The summed E-state index contributed by atoms with van der Waals surface area (Å²) in [4.78, 5) is 2.67. The molecule has 2 N–H and O–H groups in total. The summed E-state index contributed by atoms with van der Waals surface area (Å²) in [7, 11) is 0. The molecule has 20 heavy (non-hydrogen) atoms. The molecule has 1 heterocycles. The highest BCUT2D eigenvalue weighted by molar-refractivity contribution is 4.87. The van der Waals surface area contributed by atoms with Crippen LogP contribution in [0.5, 0.6) is 0 Å². The van der Waals surface area contributed by atoms with E-state index in [1.165, 1.54) is 71.1 Å². The van der Waals surface area contributed by atoms with Crippen molar-refractivity contribution in [3.8, 4) is 0 Å². The van der Waals surface area contributed by atoms with Crippen LogP contribution in [0.4, 0.5) is 0 Å². The lowest BCUT2D eigenvalue weighted by molar-refractivity contribution is 0.115. The molecular weight excluding hydrogens is 248 g/mol. The van der Waals surface area contributed by atoms with Crippen LogP contribution in [0.15, 0.2) is 0 Å². The highest BCUT2D eigenvalue weighted by Gasteiger charge is 2.31. The number of aliphatic hydroxyl groups excluding tert-OH is 1. The molecule has 3 heteroatoms. The standard InChI is InChI=1S/C17H32N2O/c20-8-7-16-9-17(18-10-14-3-1-2-4-14)13-19(12-16)11-15-5-6-15/h14-18,20H,1-13H2. The molecule has 3 aliphatic rings. The molecule has 0 aromatic carbocycles. The first-order valence-corrected chi connectivity index (χ1v) is 8.90. The fraction of sp³-hybridized carbons (Fsp3) is 1.00. The van der Waals surface area contributed by atoms with Crippen molar-refractivity contribution in [2.45, 2.75) is 57.4 Å². The molecule has 2 aliphatic carbocycles. The number of aliphatic hydroxyl groups is 1. The molecule has 0 aromatic heterocycles. The zero-order valence-corrected chi connectivity index (χ0v) is 12.9. The molecule has 0 aromatic rings. The van der Waals surface area contributed by atoms with Gasteiger partial charge in [-0.1, -0.05) is 12.8 Å². The van der Waals surface area contributed by atoms with Crippen molar-refractivity contribution >= 4 is 0 Å². The average molecular weight is 280 g/mol. The molecule has 3 rings (SSSR count). The number of nitrogens with zero attached hydrogens (tertiary/aromatic N) is 1. The third-order valence-electron chi connectivity index (χ3n) is 5.53. The summed E-state index contributed by atoms with van der Waals surface area (Å²) in [5, 5.41) is 13.1. The molecule has 3 fully saturated rings. The van der Waals surface area contributed by atoms with E-state index in [1.807, 2.05) is 0 Å². The Bertz CT molecular complexity index is 287. The van der Waals surface area contributed by atoms with Gasteiger partial charge in [0.1, 0.15) is 0 Å². The minimum absolute atomic E-state index is 0.358. The maximum Gasteiger partial charge on any atom is 0.0434 e. The summed E-state index contributed by atoms with van der Waals surface area (Å²) in [6.45, 7) is 5.36. The fourth-order valence-electron chi connectivity index (χ4n) is 4.20. The van der Waals surface area contributed by atoms with Gasteiger partial charge in [-0.2, -0.15) is 0 Å².